The molecule has 12 aromatic rings. The lowest BCUT2D eigenvalue weighted by atomic mass is 10.1. The minimum absolute atomic E-state index is 0.0341. The number of hydrogen-bond donors (Lipinski definition) is 5. The number of pyridine rings is 8. The molecule has 8 aliphatic heterocycles. The van der Waals surface area contributed by atoms with Crippen molar-refractivity contribution in [2.45, 2.75) is 104 Å². The number of aliphatic hydroxyl groups is 1. The van der Waals surface area contributed by atoms with Crippen LogP contribution in [0.15, 0.2) is 184 Å². The summed E-state index contributed by atoms with van der Waals surface area (Å²) in [4.78, 5) is 139. The number of amides is 8. The Balaban J connectivity index is 0.000000114. The number of nitriles is 1. The number of nitrogens with zero attached hydrogens (tertiary/aromatic N) is 25. The molecule has 5 N–H and O–H groups in total. The van der Waals surface area contributed by atoms with Gasteiger partial charge in [0.05, 0.1) is 131 Å². The van der Waals surface area contributed by atoms with Crippen LogP contribution in [0, 0.1) is 25.2 Å². The summed E-state index contributed by atoms with van der Waals surface area (Å²) in [5.74, 6) is 4.53. The van der Waals surface area contributed by atoms with Crippen molar-refractivity contribution in [2.24, 2.45) is 0 Å². The average Bonchev–Trinajstić information content (AvgIpc) is 1.58. The van der Waals surface area contributed by atoms with Crippen LogP contribution in [-0.4, -0.2) is 192 Å². The Morgan fingerprint density at radius 3 is 1.27 bits per heavy atom. The topological polar surface area (TPSA) is 402 Å². The molecule has 0 aliphatic carbocycles. The minimum atomic E-state index is -0.277. The van der Waals surface area contributed by atoms with Gasteiger partial charge in [0, 0.05) is 136 Å². The zero-order valence-corrected chi connectivity index (χ0v) is 66.3. The summed E-state index contributed by atoms with van der Waals surface area (Å²) in [5, 5.41) is 29.7. The van der Waals surface area contributed by atoms with E-state index in [1.165, 1.54) is 37.2 Å². The van der Waals surface area contributed by atoms with Crippen molar-refractivity contribution in [2.75, 3.05) is 113 Å². The van der Waals surface area contributed by atoms with Gasteiger partial charge in [0.1, 0.15) is 11.8 Å². The molecule has 0 saturated carbocycles. The van der Waals surface area contributed by atoms with Gasteiger partial charge in [-0.2, -0.15) is 10.2 Å². The maximum absolute atomic E-state index is 13.4. The first kappa shape index (κ1) is 77.6. The molecule has 8 amide bonds. The van der Waals surface area contributed by atoms with Gasteiger partial charge in [-0.3, -0.25) is 75.8 Å². The first-order chi connectivity index (χ1) is 58.5. The van der Waals surface area contributed by atoms with Gasteiger partial charge in [-0.25, -0.2) is 59.0 Å². The Bertz CT molecular complexity index is 5840. The van der Waals surface area contributed by atoms with Crippen LogP contribution in [0.4, 0.5) is 88.5 Å². The SMILES string of the molecule is CCc1cnc(NC(=O)N2c3nc(-c4ccc(C)nc4)ccc3N3CC[C@H]2C3)cn1.Cc1cc(-c2ccc3c(n2)N(C(=O)Nc2cncc(OC(C)C)n2)[C@H]2CCN3C2)ccn1.N#Cc1ccc(-c2ccc3c(n2)N(C(=O)Nc2cnccn2)[C@H]2CCN3C2)cn1.O=C(Nc1cnccn1)N1c2nc(-c3ccnc(CO)c3)ccc2N2CC[C@H]1C2. The second-order valence-corrected chi connectivity index (χ2v) is 29.9. The quantitative estimate of drug-likeness (QED) is 0.0758. The van der Waals surface area contributed by atoms with Gasteiger partial charge in [-0.1, -0.05) is 6.92 Å². The predicted molar refractivity (Wildman–Crippen MR) is 452 cm³/mol. The first-order valence-electron chi connectivity index (χ1n) is 39.6. The number of ether oxygens (including phenoxy) is 1. The van der Waals surface area contributed by atoms with Crippen LogP contribution in [-0.2, 0) is 13.0 Å². The summed E-state index contributed by atoms with van der Waals surface area (Å²) < 4.78 is 5.60. The van der Waals surface area contributed by atoms with Crippen molar-refractivity contribution < 1.29 is 29.0 Å². The molecule has 0 radical (unpaired) electrons. The number of fused-ring (bicyclic) bond motifs is 16. The second kappa shape index (κ2) is 34.1. The van der Waals surface area contributed by atoms with Crippen LogP contribution in [0.5, 0.6) is 5.88 Å². The highest BCUT2D eigenvalue weighted by Crippen LogP contribution is 2.45. The highest BCUT2D eigenvalue weighted by atomic mass is 16.5. The fourth-order valence-electron chi connectivity index (χ4n) is 15.9. The number of hydrogen-bond acceptors (Lipinski definition) is 27. The van der Waals surface area contributed by atoms with E-state index in [0.717, 1.165) is 164 Å². The van der Waals surface area contributed by atoms with Gasteiger partial charge >= 0.3 is 24.1 Å². The molecule has 4 saturated heterocycles. The molecule has 8 bridgehead atoms. The monoisotopic (exact) mass is 1610 g/mol. The van der Waals surface area contributed by atoms with E-state index < -0.39 is 0 Å². The maximum atomic E-state index is 13.4. The van der Waals surface area contributed by atoms with Crippen molar-refractivity contribution in [3.63, 3.8) is 0 Å². The van der Waals surface area contributed by atoms with E-state index in [9.17, 15) is 24.3 Å². The molecule has 35 nitrogen and oxygen atoms in total. The molecule has 20 heterocycles. The Morgan fingerprint density at radius 2 is 0.867 bits per heavy atom. The average molecular weight is 1610 g/mol. The van der Waals surface area contributed by atoms with Crippen LogP contribution in [0.25, 0.3) is 45.0 Å². The summed E-state index contributed by atoms with van der Waals surface area (Å²) in [5.41, 5.74) is 14.0. The zero-order chi connectivity index (χ0) is 82.5. The number of aromatic nitrogens is 16. The van der Waals surface area contributed by atoms with Crippen molar-refractivity contribution in [3.05, 3.63) is 212 Å². The molecule has 0 aromatic carbocycles. The van der Waals surface area contributed by atoms with E-state index in [1.54, 1.807) is 75.1 Å². The van der Waals surface area contributed by atoms with Crippen LogP contribution in [0.2, 0.25) is 0 Å². The van der Waals surface area contributed by atoms with E-state index >= 15 is 0 Å². The third-order valence-corrected chi connectivity index (χ3v) is 21.6. The molecule has 20 rings (SSSR count). The van der Waals surface area contributed by atoms with Crippen molar-refractivity contribution in [1.82, 2.24) is 79.7 Å². The summed E-state index contributed by atoms with van der Waals surface area (Å²) in [7, 11) is 0. The third kappa shape index (κ3) is 16.5. The standard InChI is InChI=1S/C23H25N7O2.C22H23N7O.C20H16N8O.C20H19N7O2/c1-14(2)32-21-12-24-11-20(27-21)28-23(31)30-17-7-9-29(13-17)19-5-4-18(26-22(19)30)16-6-8-25-15(3)10-16;1-3-16-11-25-20(12-24-16)27-22(30)29-17-8-9-28(13-17)19-7-6-18(26-21(19)29)15-5-4-14(2)23-10-15;21-9-14-2-1-13(10-24-14)16-3-4-17-19(25-16)28(15-5-8-27(17)12-15)20(29)26-18-11-22-6-7-23-18;28-12-14-9-13(3-5-22-14)16-1-2-17-19(24-16)27(15-4-8-26(17)11-15)20(29)25-18-10-21-6-7-23-18/h4-6,8,10-12,14,17H,7,9,13H2,1-3H3,(H,27,28,31);4-7,10-12,17H,3,8-9,13H2,1-2H3,(H,25,27,30);1-4,6-7,10-11,15H,5,8,12H2,(H,23,26,29);1-3,5-7,9-10,15,28H,4,8,11-12H2,(H,23,25,29)/t2*17-;2*15-/m0000/s1. The van der Waals surface area contributed by atoms with Crippen molar-refractivity contribution in [1.29, 1.82) is 5.26 Å². The van der Waals surface area contributed by atoms with Crippen LogP contribution >= 0.6 is 0 Å². The Morgan fingerprint density at radius 1 is 0.425 bits per heavy atom. The maximum Gasteiger partial charge on any atom is 0.329 e. The van der Waals surface area contributed by atoms with E-state index in [-0.39, 0.29) is 61.0 Å². The summed E-state index contributed by atoms with van der Waals surface area (Å²) in [6.45, 7) is 16.4. The fraction of sp³-hybridized carbons (Fsp3) is 0.282. The van der Waals surface area contributed by atoms with E-state index in [2.05, 4.69) is 107 Å². The van der Waals surface area contributed by atoms with Crippen LogP contribution < -0.4 is 65.2 Å². The van der Waals surface area contributed by atoms with Gasteiger partial charge in [-0.05, 0) is 157 Å². The molecule has 4 atom stereocenters. The Labute approximate surface area is 689 Å². The number of aliphatic hydroxyl groups excluding tert-OH is 1. The van der Waals surface area contributed by atoms with Crippen molar-refractivity contribution in [3.8, 4) is 57.0 Å². The van der Waals surface area contributed by atoms with Gasteiger partial charge in [0.2, 0.25) is 5.88 Å². The molecule has 8 aliphatic rings. The number of rotatable bonds is 12. The number of nitrogens with one attached hydrogen (secondary N) is 4. The molecule has 604 valence electrons. The fourth-order valence-corrected chi connectivity index (χ4v) is 15.9. The summed E-state index contributed by atoms with van der Waals surface area (Å²) in [6.07, 6.45) is 26.7. The predicted octanol–water partition coefficient (Wildman–Crippen LogP) is 11.6. The molecule has 12 aromatic heterocycles. The normalized spacial score (nSPS) is 17.0. The molecular weight excluding hydrogens is 1520 g/mol. The van der Waals surface area contributed by atoms with Crippen LogP contribution in [0.1, 0.15) is 74.9 Å². The molecular formula is C85H83N29O6. The van der Waals surface area contributed by atoms with Gasteiger partial charge < -0.3 is 29.4 Å². The zero-order valence-electron chi connectivity index (χ0n) is 66.3. The van der Waals surface area contributed by atoms with E-state index in [1.807, 2.05) is 126 Å². The molecule has 35 heteroatoms. The lowest BCUT2D eigenvalue weighted by Gasteiger charge is -2.35. The molecule has 0 spiro atoms. The van der Waals surface area contributed by atoms with Gasteiger partial charge in [-0.15, -0.1) is 0 Å². The van der Waals surface area contributed by atoms with E-state index in [4.69, 9.17) is 29.9 Å². The third-order valence-electron chi connectivity index (χ3n) is 21.6. The lowest BCUT2D eigenvalue weighted by Crippen LogP contribution is -2.48. The lowest BCUT2D eigenvalue weighted by molar-refractivity contribution is 0.232. The van der Waals surface area contributed by atoms with Gasteiger partial charge in [0.25, 0.3) is 0 Å². The largest absolute Gasteiger partial charge is 0.474 e. The van der Waals surface area contributed by atoms with E-state index in [0.29, 0.717) is 69.5 Å². The van der Waals surface area contributed by atoms with Crippen molar-refractivity contribution >= 4 is 93.4 Å². The number of aryl methyl sites for hydroxylation is 3. The molecule has 4 fully saturated rings. The number of carbonyl (C=O) groups is 4. The number of urea groups is 4. The van der Waals surface area contributed by atoms with Gasteiger partial charge in [0.15, 0.2) is 46.5 Å². The second-order valence-electron chi connectivity index (χ2n) is 29.9. The van der Waals surface area contributed by atoms with Crippen LogP contribution in [0.3, 0.4) is 0 Å². The summed E-state index contributed by atoms with van der Waals surface area (Å²) >= 11 is 0. The number of carbonyl (C=O) groups excluding carboxylic acids is 4. The smallest absolute Gasteiger partial charge is 0.329 e. The minimum Gasteiger partial charge on any atom is -0.474 e. The highest BCUT2D eigenvalue weighted by Gasteiger charge is 2.45. The Kier molecular flexibility index (Phi) is 22.0. The highest BCUT2D eigenvalue weighted by molar-refractivity contribution is 6.07. The molecule has 0 unspecified atom stereocenters. The summed E-state index contributed by atoms with van der Waals surface area (Å²) in [6, 6.07) is 32.1. The Hall–Kier alpha value is -15.0. The first-order valence-corrected chi connectivity index (χ1v) is 39.6. The number of anilines is 12. The molecule has 120 heavy (non-hydrogen) atoms.